The van der Waals surface area contributed by atoms with Crippen LogP contribution in [0.4, 0.5) is 19.0 Å². The van der Waals surface area contributed by atoms with Crippen molar-refractivity contribution in [1.82, 2.24) is 15.1 Å². The van der Waals surface area contributed by atoms with Crippen molar-refractivity contribution in [3.05, 3.63) is 41.0 Å². The molecule has 6 nitrogen and oxygen atoms in total. The lowest BCUT2D eigenvalue weighted by molar-refractivity contribution is -0.137. The molecule has 2 aromatic rings. The molecule has 0 spiro atoms. The Morgan fingerprint density at radius 3 is 2.50 bits per heavy atom. The molecule has 5 rings (SSSR count). The van der Waals surface area contributed by atoms with Crippen molar-refractivity contribution in [3.63, 3.8) is 0 Å². The van der Waals surface area contributed by atoms with Crippen LogP contribution in [0.25, 0.3) is 11.3 Å². The van der Waals surface area contributed by atoms with Crippen LogP contribution >= 0.6 is 0 Å². The van der Waals surface area contributed by atoms with Crippen LogP contribution in [-0.2, 0) is 15.7 Å². The van der Waals surface area contributed by atoms with E-state index in [1.165, 1.54) is 0 Å². The molecular formula is C25H31F3N4O2. The summed E-state index contributed by atoms with van der Waals surface area (Å²) in [6.45, 7) is 8.46. The first-order valence-electron chi connectivity index (χ1n) is 12.0. The van der Waals surface area contributed by atoms with Crippen LogP contribution < -0.4 is 5.32 Å². The van der Waals surface area contributed by atoms with Gasteiger partial charge in [-0.2, -0.15) is 13.2 Å². The predicted octanol–water partition coefficient (Wildman–Crippen LogP) is 4.32. The van der Waals surface area contributed by atoms with Crippen LogP contribution in [0.1, 0.15) is 29.5 Å². The van der Waals surface area contributed by atoms with Crippen molar-refractivity contribution < 1.29 is 22.6 Å². The number of aromatic nitrogens is 2. The third-order valence-corrected chi connectivity index (χ3v) is 7.28. The third-order valence-electron chi connectivity index (χ3n) is 7.28. The second-order valence-corrected chi connectivity index (χ2v) is 9.93. The topological polar surface area (TPSA) is 59.5 Å². The van der Waals surface area contributed by atoms with E-state index in [0.717, 1.165) is 49.7 Å². The Morgan fingerprint density at radius 1 is 1.06 bits per heavy atom. The van der Waals surface area contributed by atoms with Crippen molar-refractivity contribution in [1.29, 1.82) is 0 Å². The summed E-state index contributed by atoms with van der Waals surface area (Å²) in [7, 11) is 0. The highest BCUT2D eigenvalue weighted by molar-refractivity contribution is 5.66. The summed E-state index contributed by atoms with van der Waals surface area (Å²) in [5.74, 6) is 0.771. The minimum Gasteiger partial charge on any atom is -0.376 e. The van der Waals surface area contributed by atoms with Gasteiger partial charge >= 0.3 is 6.18 Å². The van der Waals surface area contributed by atoms with Crippen LogP contribution in [0.2, 0.25) is 0 Å². The molecule has 2 saturated heterocycles. The average molecular weight is 477 g/mol. The number of anilines is 1. The molecule has 1 aliphatic carbocycles. The summed E-state index contributed by atoms with van der Waals surface area (Å²) in [6, 6.07) is 6.76. The maximum atomic E-state index is 14.0. The van der Waals surface area contributed by atoms with Crippen LogP contribution in [0.3, 0.4) is 0 Å². The molecule has 4 atom stereocenters. The number of alkyl halides is 3. The Bertz CT molecular complexity index is 1010. The number of hydrogen-bond acceptors (Lipinski definition) is 6. The molecular weight excluding hydrogens is 445 g/mol. The van der Waals surface area contributed by atoms with E-state index in [-0.39, 0.29) is 23.7 Å². The zero-order valence-corrected chi connectivity index (χ0v) is 19.6. The summed E-state index contributed by atoms with van der Waals surface area (Å²) in [6.07, 6.45) is -2.73. The molecule has 3 aliphatic rings. The summed E-state index contributed by atoms with van der Waals surface area (Å²) in [5.41, 5.74) is 1.99. The van der Waals surface area contributed by atoms with Gasteiger partial charge in [-0.3, -0.25) is 0 Å². The highest BCUT2D eigenvalue weighted by atomic mass is 19.4. The number of benzene rings is 1. The fourth-order valence-corrected chi connectivity index (χ4v) is 5.65. The van der Waals surface area contributed by atoms with Crippen molar-refractivity contribution in [2.24, 2.45) is 11.8 Å². The molecule has 0 unspecified atom stereocenters. The van der Waals surface area contributed by atoms with Crippen LogP contribution in [0, 0.1) is 25.7 Å². The number of fused-ring (bicyclic) bond motifs is 1. The molecule has 34 heavy (non-hydrogen) atoms. The van der Waals surface area contributed by atoms with Gasteiger partial charge in [0.1, 0.15) is 5.56 Å². The molecule has 184 valence electrons. The van der Waals surface area contributed by atoms with E-state index >= 15 is 0 Å². The number of nitrogens with zero attached hydrogens (tertiary/aromatic N) is 3. The van der Waals surface area contributed by atoms with E-state index in [9.17, 15) is 13.2 Å². The van der Waals surface area contributed by atoms with Gasteiger partial charge in [0.15, 0.2) is 5.82 Å². The van der Waals surface area contributed by atoms with Gasteiger partial charge in [0.2, 0.25) is 0 Å². The van der Waals surface area contributed by atoms with Gasteiger partial charge in [0.05, 0.1) is 31.6 Å². The molecule has 9 heteroatoms. The van der Waals surface area contributed by atoms with Crippen LogP contribution in [0.5, 0.6) is 0 Å². The number of rotatable bonds is 5. The number of halogens is 3. The second kappa shape index (κ2) is 9.43. The molecule has 1 saturated carbocycles. The first-order valence-corrected chi connectivity index (χ1v) is 12.0. The first kappa shape index (κ1) is 23.5. The number of hydrogen-bond donors (Lipinski definition) is 1. The zero-order valence-electron chi connectivity index (χ0n) is 19.6. The number of likely N-dealkylation sites (tertiary alicyclic amines) is 1. The Balaban J connectivity index is 1.26. The minimum atomic E-state index is -4.52. The molecule has 1 aromatic heterocycles. The lowest BCUT2D eigenvalue weighted by Gasteiger charge is -2.28. The monoisotopic (exact) mass is 476 g/mol. The average Bonchev–Trinajstić information content (AvgIpc) is 3.33. The number of ether oxygens (including phenoxy) is 2. The van der Waals surface area contributed by atoms with Gasteiger partial charge in [0.25, 0.3) is 0 Å². The fraction of sp³-hybridized carbons (Fsp3) is 0.600. The smallest absolute Gasteiger partial charge is 0.376 e. The van der Waals surface area contributed by atoms with Gasteiger partial charge < -0.3 is 19.7 Å². The molecule has 0 amide bonds. The normalized spacial score (nSPS) is 27.7. The van der Waals surface area contributed by atoms with Crippen LogP contribution in [0.15, 0.2) is 24.3 Å². The number of nitrogens with one attached hydrogen (secondary N) is 1. The molecule has 3 heterocycles. The molecule has 0 bridgehead atoms. The first-order chi connectivity index (χ1) is 16.3. The number of aryl methyl sites for hydroxylation is 2. The molecule has 1 N–H and O–H groups in total. The largest absolute Gasteiger partial charge is 0.420 e. The lowest BCUT2D eigenvalue weighted by atomic mass is 10.0. The summed E-state index contributed by atoms with van der Waals surface area (Å²) < 4.78 is 53.2. The van der Waals surface area contributed by atoms with Gasteiger partial charge in [0, 0.05) is 31.2 Å². The highest BCUT2D eigenvalue weighted by Gasteiger charge is 2.43. The maximum Gasteiger partial charge on any atom is 0.420 e. The predicted molar refractivity (Wildman–Crippen MR) is 123 cm³/mol. The Morgan fingerprint density at radius 2 is 1.82 bits per heavy atom. The Kier molecular flexibility index (Phi) is 6.52. The molecule has 0 radical (unpaired) electrons. The van der Waals surface area contributed by atoms with E-state index in [0.29, 0.717) is 37.2 Å². The summed E-state index contributed by atoms with van der Waals surface area (Å²) >= 11 is 0. The lowest BCUT2D eigenvalue weighted by Crippen LogP contribution is -2.39. The molecule has 3 fully saturated rings. The van der Waals surface area contributed by atoms with Crippen molar-refractivity contribution >= 4 is 5.82 Å². The van der Waals surface area contributed by atoms with E-state index in [2.05, 4.69) is 20.4 Å². The van der Waals surface area contributed by atoms with Crippen LogP contribution in [-0.4, -0.2) is 66.7 Å². The van der Waals surface area contributed by atoms with E-state index in [1.54, 1.807) is 0 Å². The maximum absolute atomic E-state index is 14.0. The van der Waals surface area contributed by atoms with E-state index in [4.69, 9.17) is 9.47 Å². The standard InChI is InChI=1S/C25H31F3N4O2/c1-15-3-4-16(2)21(7-15)23-10-22(25(26,27)28)24(31-30-23)29-19-8-17-11-32(12-18(17)9-19)13-20-14-33-5-6-34-20/h3-4,7,10,17-20H,5-6,8-9,11-14H2,1-2H3,(H,29,31)/t17-,18+,19-,20-/m1/s1. The van der Waals surface area contributed by atoms with Crippen molar-refractivity contribution in [3.8, 4) is 11.3 Å². The SMILES string of the molecule is Cc1ccc(C)c(-c2cc(C(F)(F)F)c(N[C@@H]3C[C@@H]4CN(C[C@@H]5COCCO5)C[C@@H]4C3)nn2)c1. The van der Waals surface area contributed by atoms with E-state index in [1.807, 2.05) is 32.0 Å². The molecule has 1 aromatic carbocycles. The minimum absolute atomic E-state index is 0.0339. The highest BCUT2D eigenvalue weighted by Crippen LogP contribution is 2.41. The summed E-state index contributed by atoms with van der Waals surface area (Å²) in [5, 5.41) is 11.3. The second-order valence-electron chi connectivity index (χ2n) is 9.93. The Hall–Kier alpha value is -2.23. The van der Waals surface area contributed by atoms with Crippen molar-refractivity contribution in [2.75, 3.05) is 44.8 Å². The Labute approximate surface area is 197 Å². The van der Waals surface area contributed by atoms with Gasteiger partial charge in [-0.15, -0.1) is 10.2 Å². The summed E-state index contributed by atoms with van der Waals surface area (Å²) in [4.78, 5) is 2.41. The van der Waals surface area contributed by atoms with Gasteiger partial charge in [-0.1, -0.05) is 17.7 Å². The fourth-order valence-electron chi connectivity index (χ4n) is 5.65. The van der Waals surface area contributed by atoms with Crippen molar-refractivity contribution in [2.45, 2.75) is 45.0 Å². The van der Waals surface area contributed by atoms with Gasteiger partial charge in [-0.25, -0.2) is 0 Å². The zero-order chi connectivity index (χ0) is 23.9. The van der Waals surface area contributed by atoms with Gasteiger partial charge in [-0.05, 0) is 56.2 Å². The molecule has 2 aliphatic heterocycles. The quantitative estimate of drug-likeness (QED) is 0.694. The van der Waals surface area contributed by atoms with E-state index < -0.39 is 11.7 Å². The third kappa shape index (κ3) is 5.06.